The highest BCUT2D eigenvalue weighted by Gasteiger charge is 2.30. The van der Waals surface area contributed by atoms with Crippen molar-refractivity contribution in [3.8, 4) is 0 Å². The van der Waals surface area contributed by atoms with Crippen LogP contribution < -0.4 is 0 Å². The molecular formula is C17H22O3S. The topological polar surface area (TPSA) is 51.2 Å². The van der Waals surface area contributed by atoms with Crippen molar-refractivity contribution < 1.29 is 13.2 Å². The molecule has 3 nitrogen and oxygen atoms in total. The Morgan fingerprint density at radius 1 is 1.14 bits per heavy atom. The first-order chi connectivity index (χ1) is 10.0. The lowest BCUT2D eigenvalue weighted by atomic mass is 9.79. The first-order valence-corrected chi connectivity index (χ1v) is 9.65. The lowest BCUT2D eigenvalue weighted by Gasteiger charge is -2.25. The molecule has 21 heavy (non-hydrogen) atoms. The third-order valence-corrected chi connectivity index (χ3v) is 6.65. The average molecular weight is 306 g/mol. The molecular weight excluding hydrogens is 284 g/mol. The second-order valence-corrected chi connectivity index (χ2v) is 8.73. The van der Waals surface area contributed by atoms with E-state index in [-0.39, 0.29) is 23.2 Å². The molecule has 2 unspecified atom stereocenters. The summed E-state index contributed by atoms with van der Waals surface area (Å²) in [7, 11) is -2.88. The van der Waals surface area contributed by atoms with Crippen molar-refractivity contribution in [1.29, 1.82) is 0 Å². The molecule has 1 saturated heterocycles. The van der Waals surface area contributed by atoms with Gasteiger partial charge in [-0.05, 0) is 48.6 Å². The smallest absolute Gasteiger partial charge is 0.150 e. The number of carbonyl (C=O) groups is 1. The Balaban J connectivity index is 1.61. The van der Waals surface area contributed by atoms with Crippen LogP contribution in [0.3, 0.4) is 0 Å². The monoisotopic (exact) mass is 306 g/mol. The molecule has 0 amide bonds. The predicted octanol–water partition coefficient (Wildman–Crippen LogP) is 2.89. The first kappa shape index (κ1) is 14.8. The predicted molar refractivity (Wildman–Crippen MR) is 83.1 cm³/mol. The quantitative estimate of drug-likeness (QED) is 0.859. The van der Waals surface area contributed by atoms with E-state index in [1.54, 1.807) is 0 Å². The van der Waals surface area contributed by atoms with Gasteiger partial charge in [0.2, 0.25) is 0 Å². The maximum atomic E-state index is 12.3. The molecule has 0 spiro atoms. The third-order valence-electron chi connectivity index (χ3n) is 4.81. The van der Waals surface area contributed by atoms with Gasteiger partial charge in [0.05, 0.1) is 11.5 Å². The lowest BCUT2D eigenvalue weighted by Crippen LogP contribution is -2.16. The van der Waals surface area contributed by atoms with Gasteiger partial charge in [0.25, 0.3) is 0 Å². The maximum Gasteiger partial charge on any atom is 0.150 e. The van der Waals surface area contributed by atoms with Crippen molar-refractivity contribution >= 4 is 15.6 Å². The van der Waals surface area contributed by atoms with Crippen molar-refractivity contribution in [2.45, 2.75) is 44.4 Å². The molecule has 1 aliphatic heterocycles. The largest absolute Gasteiger partial charge is 0.300 e. The van der Waals surface area contributed by atoms with Gasteiger partial charge < -0.3 is 0 Å². The van der Waals surface area contributed by atoms with E-state index >= 15 is 0 Å². The molecule has 0 N–H and O–H groups in total. The number of hydrogen-bond acceptors (Lipinski definition) is 3. The van der Waals surface area contributed by atoms with Crippen LogP contribution in [-0.2, 0) is 21.1 Å². The van der Waals surface area contributed by atoms with Gasteiger partial charge in [-0.3, -0.25) is 4.79 Å². The van der Waals surface area contributed by atoms with Gasteiger partial charge in [-0.15, -0.1) is 0 Å². The van der Waals surface area contributed by atoms with Crippen molar-refractivity contribution in [2.24, 2.45) is 5.92 Å². The number of carbonyl (C=O) groups excluding carboxylic acids is 1. The van der Waals surface area contributed by atoms with Crippen molar-refractivity contribution in [3.05, 3.63) is 35.4 Å². The minimum atomic E-state index is -2.88. The number of aryl methyl sites for hydroxylation is 1. The number of rotatable bonds is 4. The molecule has 0 aromatic heterocycles. The summed E-state index contributed by atoms with van der Waals surface area (Å²) in [5.41, 5.74) is 2.71. The highest BCUT2D eigenvalue weighted by Crippen LogP contribution is 2.35. The highest BCUT2D eigenvalue weighted by molar-refractivity contribution is 7.91. The van der Waals surface area contributed by atoms with Gasteiger partial charge >= 0.3 is 0 Å². The zero-order chi connectivity index (χ0) is 14.9. The van der Waals surface area contributed by atoms with Gasteiger partial charge in [0.15, 0.2) is 9.84 Å². The third kappa shape index (κ3) is 3.54. The molecule has 1 aromatic rings. The standard InChI is InChI=1S/C17H22O3S/c18-16(10-13-8-9-21(19,20)12-13)11-15-6-3-5-14-4-1-2-7-17(14)15/h1-2,4,7,13,15H,3,5-6,8-12H2. The van der Waals surface area contributed by atoms with Gasteiger partial charge in [0, 0.05) is 12.8 Å². The fourth-order valence-corrected chi connectivity index (χ4v) is 5.64. The summed E-state index contributed by atoms with van der Waals surface area (Å²) in [6, 6.07) is 8.42. The molecule has 1 aliphatic carbocycles. The number of benzene rings is 1. The van der Waals surface area contributed by atoms with Gasteiger partial charge in [-0.2, -0.15) is 0 Å². The number of hydrogen-bond donors (Lipinski definition) is 0. The molecule has 2 aliphatic rings. The minimum Gasteiger partial charge on any atom is -0.300 e. The van der Waals surface area contributed by atoms with E-state index in [0.29, 0.717) is 25.2 Å². The Hall–Kier alpha value is -1.16. The summed E-state index contributed by atoms with van der Waals surface area (Å²) in [6.45, 7) is 0. The summed E-state index contributed by atoms with van der Waals surface area (Å²) in [6.07, 6.45) is 5.01. The Kier molecular flexibility index (Phi) is 4.16. The minimum absolute atomic E-state index is 0.0568. The molecule has 2 atom stereocenters. The second kappa shape index (κ2) is 5.91. The Labute approximate surface area is 126 Å². The molecule has 1 aromatic carbocycles. The van der Waals surface area contributed by atoms with Crippen LogP contribution in [0.4, 0.5) is 0 Å². The van der Waals surface area contributed by atoms with Crippen molar-refractivity contribution in [1.82, 2.24) is 0 Å². The van der Waals surface area contributed by atoms with Crippen LogP contribution in [0.1, 0.15) is 49.1 Å². The van der Waals surface area contributed by atoms with Crippen LogP contribution in [0.25, 0.3) is 0 Å². The van der Waals surface area contributed by atoms with E-state index in [9.17, 15) is 13.2 Å². The molecule has 1 heterocycles. The number of fused-ring (bicyclic) bond motifs is 1. The van der Waals surface area contributed by atoms with E-state index < -0.39 is 9.84 Å². The molecule has 1 fully saturated rings. The zero-order valence-corrected chi connectivity index (χ0v) is 13.1. The van der Waals surface area contributed by atoms with Crippen LogP contribution in [0, 0.1) is 5.92 Å². The first-order valence-electron chi connectivity index (χ1n) is 7.83. The average Bonchev–Trinajstić information content (AvgIpc) is 2.78. The number of ketones is 1. The molecule has 0 saturated carbocycles. The van der Waals surface area contributed by atoms with E-state index in [1.165, 1.54) is 11.1 Å². The summed E-state index contributed by atoms with van der Waals surface area (Å²) in [5.74, 6) is 1.10. The van der Waals surface area contributed by atoms with Crippen LogP contribution >= 0.6 is 0 Å². The summed E-state index contributed by atoms with van der Waals surface area (Å²) >= 11 is 0. The van der Waals surface area contributed by atoms with Gasteiger partial charge in [-0.1, -0.05) is 24.3 Å². The van der Waals surface area contributed by atoms with Crippen LogP contribution in [0.15, 0.2) is 24.3 Å². The lowest BCUT2D eigenvalue weighted by molar-refractivity contribution is -0.120. The normalized spacial score (nSPS) is 27.2. The van der Waals surface area contributed by atoms with Crippen LogP contribution in [-0.4, -0.2) is 25.7 Å². The summed E-state index contributed by atoms with van der Waals surface area (Å²) < 4.78 is 22.9. The van der Waals surface area contributed by atoms with Crippen molar-refractivity contribution in [2.75, 3.05) is 11.5 Å². The Morgan fingerprint density at radius 2 is 1.95 bits per heavy atom. The molecule has 4 heteroatoms. The fraction of sp³-hybridized carbons (Fsp3) is 0.588. The van der Waals surface area contributed by atoms with E-state index in [0.717, 1.165) is 19.3 Å². The second-order valence-electron chi connectivity index (χ2n) is 6.50. The fourth-order valence-electron chi connectivity index (χ4n) is 3.78. The molecule has 3 rings (SSSR count). The van der Waals surface area contributed by atoms with Gasteiger partial charge in [-0.25, -0.2) is 8.42 Å². The molecule has 0 radical (unpaired) electrons. The number of sulfone groups is 1. The SMILES string of the molecule is O=C(CC1CCS(=O)(=O)C1)CC1CCCc2ccccc21. The summed E-state index contributed by atoms with van der Waals surface area (Å²) in [5, 5.41) is 0. The van der Waals surface area contributed by atoms with E-state index in [2.05, 4.69) is 18.2 Å². The molecule has 114 valence electrons. The maximum absolute atomic E-state index is 12.3. The van der Waals surface area contributed by atoms with Crippen LogP contribution in [0.2, 0.25) is 0 Å². The van der Waals surface area contributed by atoms with Crippen LogP contribution in [0.5, 0.6) is 0 Å². The van der Waals surface area contributed by atoms with E-state index in [1.807, 2.05) is 6.07 Å². The van der Waals surface area contributed by atoms with Gasteiger partial charge in [0.1, 0.15) is 5.78 Å². The highest BCUT2D eigenvalue weighted by atomic mass is 32.2. The molecule has 0 bridgehead atoms. The zero-order valence-electron chi connectivity index (χ0n) is 12.3. The number of Topliss-reactive ketones (excluding diaryl/α,β-unsaturated/α-hetero) is 1. The van der Waals surface area contributed by atoms with E-state index in [4.69, 9.17) is 0 Å². The summed E-state index contributed by atoms with van der Waals surface area (Å²) in [4.78, 5) is 12.3. The Bertz CT molecular complexity index is 633. The van der Waals surface area contributed by atoms with Crippen molar-refractivity contribution in [3.63, 3.8) is 0 Å². The Morgan fingerprint density at radius 3 is 2.71 bits per heavy atom.